The normalized spacial score (nSPS) is 21.5. The number of piperidine rings is 1. The van der Waals surface area contributed by atoms with Gasteiger partial charge in [0.1, 0.15) is 5.82 Å². The maximum Gasteiger partial charge on any atom is 0.191 e. The number of guanidine groups is 1. The summed E-state index contributed by atoms with van der Waals surface area (Å²) in [4.78, 5) is 6.91. The largest absolute Gasteiger partial charge is 0.356 e. The van der Waals surface area contributed by atoms with E-state index in [-0.39, 0.29) is 29.8 Å². The SMILES string of the molecule is CN=C(NCC(C1CC1)C1CC1)NC1CCN(Cc2ccc(F)cc2)CC1.I. The summed E-state index contributed by atoms with van der Waals surface area (Å²) in [6.07, 6.45) is 7.97. The third-order valence-corrected chi connectivity index (χ3v) is 6.43. The van der Waals surface area contributed by atoms with Crippen LogP contribution in [0.1, 0.15) is 44.1 Å². The number of benzene rings is 1. The Morgan fingerprint density at radius 2 is 1.68 bits per heavy atom. The van der Waals surface area contributed by atoms with Gasteiger partial charge in [-0.15, -0.1) is 24.0 Å². The molecule has 0 unspecified atom stereocenters. The quantitative estimate of drug-likeness (QED) is 0.338. The predicted octanol–water partition coefficient (Wildman–Crippen LogP) is 4.01. The lowest BCUT2D eigenvalue weighted by Crippen LogP contribution is -2.49. The molecule has 2 aliphatic carbocycles. The maximum atomic E-state index is 13.0. The van der Waals surface area contributed by atoms with E-state index in [1.165, 1.54) is 31.2 Å². The Kier molecular flexibility index (Phi) is 7.97. The zero-order valence-corrected chi connectivity index (χ0v) is 19.2. The first-order chi connectivity index (χ1) is 13.2. The minimum absolute atomic E-state index is 0. The van der Waals surface area contributed by atoms with Crippen molar-refractivity contribution in [2.45, 2.75) is 51.1 Å². The topological polar surface area (TPSA) is 39.7 Å². The molecule has 1 saturated heterocycles. The molecule has 1 aromatic carbocycles. The Balaban J connectivity index is 0.00000225. The second-order valence-electron chi connectivity index (χ2n) is 8.61. The molecule has 0 aromatic heterocycles. The Morgan fingerprint density at radius 1 is 1.07 bits per heavy atom. The number of aliphatic imine (C=N–C) groups is 1. The van der Waals surface area contributed by atoms with Crippen LogP contribution in [-0.4, -0.2) is 43.6 Å². The van der Waals surface area contributed by atoms with E-state index in [0.29, 0.717) is 6.04 Å². The van der Waals surface area contributed by atoms with Crippen LogP contribution in [0.4, 0.5) is 4.39 Å². The molecule has 6 heteroatoms. The molecule has 28 heavy (non-hydrogen) atoms. The average molecular weight is 500 g/mol. The summed E-state index contributed by atoms with van der Waals surface area (Å²) in [6, 6.07) is 7.37. The lowest BCUT2D eigenvalue weighted by Gasteiger charge is -2.33. The predicted molar refractivity (Wildman–Crippen MR) is 124 cm³/mol. The van der Waals surface area contributed by atoms with Crippen LogP contribution in [0.25, 0.3) is 0 Å². The summed E-state index contributed by atoms with van der Waals surface area (Å²) in [5.41, 5.74) is 1.19. The van der Waals surface area contributed by atoms with Gasteiger partial charge >= 0.3 is 0 Å². The van der Waals surface area contributed by atoms with E-state index < -0.39 is 0 Å². The van der Waals surface area contributed by atoms with E-state index in [9.17, 15) is 4.39 Å². The van der Waals surface area contributed by atoms with Crippen LogP contribution in [0, 0.1) is 23.6 Å². The molecule has 4 rings (SSSR count). The Morgan fingerprint density at radius 3 is 2.21 bits per heavy atom. The van der Waals surface area contributed by atoms with E-state index in [4.69, 9.17) is 0 Å². The summed E-state index contributed by atoms with van der Waals surface area (Å²) in [5, 5.41) is 7.24. The highest BCUT2D eigenvalue weighted by molar-refractivity contribution is 14.0. The second kappa shape index (κ2) is 10.2. The van der Waals surface area contributed by atoms with Gasteiger partial charge < -0.3 is 10.6 Å². The summed E-state index contributed by atoms with van der Waals surface area (Å²) in [7, 11) is 1.88. The van der Waals surface area contributed by atoms with E-state index in [0.717, 1.165) is 62.7 Å². The van der Waals surface area contributed by atoms with Crippen LogP contribution in [-0.2, 0) is 6.54 Å². The minimum atomic E-state index is -0.161. The van der Waals surface area contributed by atoms with Gasteiger partial charge in [0.2, 0.25) is 0 Å². The van der Waals surface area contributed by atoms with Crippen LogP contribution in [0.15, 0.2) is 29.3 Å². The van der Waals surface area contributed by atoms with Gasteiger partial charge in [0.05, 0.1) is 0 Å². The average Bonchev–Trinajstić information content (AvgIpc) is 3.58. The monoisotopic (exact) mass is 500 g/mol. The first-order valence-corrected chi connectivity index (χ1v) is 10.7. The fourth-order valence-electron chi connectivity index (χ4n) is 4.45. The Hall–Kier alpha value is -0.890. The number of nitrogens with zero attached hydrogens (tertiary/aromatic N) is 2. The van der Waals surface area contributed by atoms with Crippen LogP contribution < -0.4 is 10.6 Å². The van der Waals surface area contributed by atoms with Crippen LogP contribution in [0.2, 0.25) is 0 Å². The molecule has 1 heterocycles. The fourth-order valence-corrected chi connectivity index (χ4v) is 4.45. The van der Waals surface area contributed by atoms with Crippen molar-refractivity contribution >= 4 is 29.9 Å². The Bertz CT molecular complexity index is 622. The van der Waals surface area contributed by atoms with Gasteiger partial charge in [-0.2, -0.15) is 0 Å². The zero-order valence-electron chi connectivity index (χ0n) is 16.9. The highest BCUT2D eigenvalue weighted by atomic mass is 127. The molecule has 2 saturated carbocycles. The lowest BCUT2D eigenvalue weighted by molar-refractivity contribution is 0.198. The molecule has 0 spiro atoms. The van der Waals surface area contributed by atoms with Crippen LogP contribution >= 0.6 is 24.0 Å². The molecule has 1 aliphatic heterocycles. The van der Waals surface area contributed by atoms with Gasteiger partial charge in [0.25, 0.3) is 0 Å². The third-order valence-electron chi connectivity index (χ3n) is 6.43. The van der Waals surface area contributed by atoms with E-state index in [1.54, 1.807) is 12.1 Å². The maximum absolute atomic E-state index is 13.0. The second-order valence-corrected chi connectivity index (χ2v) is 8.61. The number of likely N-dealkylation sites (tertiary alicyclic amines) is 1. The first-order valence-electron chi connectivity index (χ1n) is 10.7. The fraction of sp³-hybridized carbons (Fsp3) is 0.682. The molecule has 0 bridgehead atoms. The van der Waals surface area contributed by atoms with Gasteiger partial charge in [0, 0.05) is 39.3 Å². The summed E-state index contributed by atoms with van der Waals surface area (Å²) >= 11 is 0. The molecule has 0 atom stereocenters. The number of hydrogen-bond acceptors (Lipinski definition) is 2. The standard InChI is InChI=1S/C22H33FN4.HI/c1-24-22(25-14-21(17-4-5-17)18-6-7-18)26-20-10-12-27(13-11-20)15-16-2-8-19(23)9-3-16;/h2-3,8-9,17-18,20-21H,4-7,10-15H2,1H3,(H2,24,25,26);1H. The van der Waals surface area contributed by atoms with Crippen LogP contribution in [0.3, 0.4) is 0 Å². The van der Waals surface area contributed by atoms with E-state index in [1.807, 2.05) is 19.2 Å². The highest BCUT2D eigenvalue weighted by Crippen LogP contribution is 2.48. The number of nitrogens with one attached hydrogen (secondary N) is 2. The molecule has 0 amide bonds. The smallest absolute Gasteiger partial charge is 0.191 e. The van der Waals surface area contributed by atoms with Crippen molar-refractivity contribution in [2.24, 2.45) is 22.7 Å². The number of rotatable bonds is 7. The molecular formula is C22H34FIN4. The minimum Gasteiger partial charge on any atom is -0.356 e. The van der Waals surface area contributed by atoms with Crippen molar-refractivity contribution in [1.82, 2.24) is 15.5 Å². The third kappa shape index (κ3) is 6.31. The number of halogens is 2. The first kappa shape index (κ1) is 21.8. The summed E-state index contributed by atoms with van der Waals surface area (Å²) in [6.45, 7) is 4.13. The molecule has 156 valence electrons. The van der Waals surface area contributed by atoms with Crippen molar-refractivity contribution < 1.29 is 4.39 Å². The molecular weight excluding hydrogens is 466 g/mol. The Labute approximate surface area is 185 Å². The van der Waals surface area contributed by atoms with Crippen molar-refractivity contribution in [3.8, 4) is 0 Å². The molecule has 4 nitrogen and oxygen atoms in total. The van der Waals surface area contributed by atoms with Gasteiger partial charge in [-0.3, -0.25) is 9.89 Å². The molecule has 0 radical (unpaired) electrons. The van der Waals surface area contributed by atoms with Gasteiger partial charge in [-0.05, 0) is 74.0 Å². The van der Waals surface area contributed by atoms with E-state index in [2.05, 4.69) is 20.5 Å². The van der Waals surface area contributed by atoms with Crippen molar-refractivity contribution in [3.05, 3.63) is 35.6 Å². The molecule has 2 N–H and O–H groups in total. The van der Waals surface area contributed by atoms with Crippen molar-refractivity contribution in [2.75, 3.05) is 26.7 Å². The molecule has 3 aliphatic rings. The van der Waals surface area contributed by atoms with Gasteiger partial charge in [0.15, 0.2) is 5.96 Å². The summed E-state index contributed by atoms with van der Waals surface area (Å²) < 4.78 is 13.0. The van der Waals surface area contributed by atoms with Crippen LogP contribution in [0.5, 0.6) is 0 Å². The number of hydrogen-bond donors (Lipinski definition) is 2. The van der Waals surface area contributed by atoms with Gasteiger partial charge in [-0.1, -0.05) is 12.1 Å². The lowest BCUT2D eigenvalue weighted by atomic mass is 9.98. The van der Waals surface area contributed by atoms with E-state index >= 15 is 0 Å². The van der Waals surface area contributed by atoms with Crippen molar-refractivity contribution in [1.29, 1.82) is 0 Å². The van der Waals surface area contributed by atoms with Gasteiger partial charge in [-0.25, -0.2) is 4.39 Å². The van der Waals surface area contributed by atoms with Crippen molar-refractivity contribution in [3.63, 3.8) is 0 Å². The zero-order chi connectivity index (χ0) is 18.6. The highest BCUT2D eigenvalue weighted by Gasteiger charge is 2.41. The molecule has 3 fully saturated rings. The summed E-state index contributed by atoms with van der Waals surface area (Å²) in [5.74, 6) is 3.61. The molecule has 1 aromatic rings.